The van der Waals surface area contributed by atoms with Gasteiger partial charge in [0.15, 0.2) is 11.9 Å². The van der Waals surface area contributed by atoms with Crippen LogP contribution in [0.4, 0.5) is 0 Å². The average Bonchev–Trinajstić information content (AvgIpc) is 2.38. The van der Waals surface area contributed by atoms with Crippen molar-refractivity contribution < 1.29 is 14.5 Å². The van der Waals surface area contributed by atoms with Crippen molar-refractivity contribution in [3.05, 3.63) is 66.5 Å². The van der Waals surface area contributed by atoms with Crippen LogP contribution < -0.4 is 4.57 Å². The van der Waals surface area contributed by atoms with Crippen molar-refractivity contribution in [2.75, 3.05) is 0 Å². The second-order valence-corrected chi connectivity index (χ2v) is 3.94. The van der Waals surface area contributed by atoms with Crippen molar-refractivity contribution in [1.82, 2.24) is 0 Å². The molecule has 2 rings (SSSR count). The Balaban J connectivity index is 1.99. The summed E-state index contributed by atoms with van der Waals surface area (Å²) in [6.07, 6.45) is 6.60. The molecule has 1 aromatic carbocycles. The quantitative estimate of drug-likeness (QED) is 0.655. The molecule has 18 heavy (non-hydrogen) atoms. The maximum atomic E-state index is 11.7. The molecule has 0 saturated heterocycles. The average molecular weight is 240 g/mol. The van der Waals surface area contributed by atoms with Gasteiger partial charge < -0.3 is 5.11 Å². The van der Waals surface area contributed by atoms with Gasteiger partial charge in [-0.05, 0) is 17.7 Å². The number of hydrogen-bond donors (Lipinski definition) is 1. The van der Waals surface area contributed by atoms with Crippen LogP contribution in [0.15, 0.2) is 60.9 Å². The Kier molecular flexibility index (Phi) is 3.86. The Labute approximate surface area is 106 Å². The number of carbonyl (C=O) groups excluding carboxylic acids is 1. The zero-order valence-corrected chi connectivity index (χ0v) is 9.86. The Bertz CT molecular complexity index is 562. The van der Waals surface area contributed by atoms with Crippen LogP contribution in [-0.2, 0) is 11.3 Å². The van der Waals surface area contributed by atoms with Gasteiger partial charge in [-0.15, -0.1) is 0 Å². The van der Waals surface area contributed by atoms with Crippen LogP contribution in [0.5, 0.6) is 5.75 Å². The minimum absolute atomic E-state index is 0.0190. The molecular formula is C15H14NO2+. The van der Waals surface area contributed by atoms with E-state index in [1.54, 1.807) is 35.0 Å². The first-order valence-corrected chi connectivity index (χ1v) is 5.68. The number of nitrogens with zero attached hydrogens (tertiary/aromatic N) is 1. The van der Waals surface area contributed by atoms with E-state index in [2.05, 4.69) is 0 Å². The van der Waals surface area contributed by atoms with Gasteiger partial charge in [-0.1, -0.05) is 36.4 Å². The largest absolute Gasteiger partial charge is 0.503 e. The van der Waals surface area contributed by atoms with Crippen molar-refractivity contribution >= 4 is 11.9 Å². The van der Waals surface area contributed by atoms with Crippen LogP contribution in [0.3, 0.4) is 0 Å². The van der Waals surface area contributed by atoms with Crippen molar-refractivity contribution in [2.45, 2.75) is 6.54 Å². The van der Waals surface area contributed by atoms with E-state index in [1.165, 1.54) is 6.20 Å². The van der Waals surface area contributed by atoms with Gasteiger partial charge in [0.05, 0.1) is 0 Å². The van der Waals surface area contributed by atoms with Crippen LogP contribution in [0, 0.1) is 0 Å². The van der Waals surface area contributed by atoms with Crippen molar-refractivity contribution in [1.29, 1.82) is 0 Å². The molecule has 0 amide bonds. The molecule has 1 N–H and O–H groups in total. The third kappa shape index (κ3) is 3.56. The minimum atomic E-state index is -0.0190. The van der Waals surface area contributed by atoms with Gasteiger partial charge >= 0.3 is 0 Å². The van der Waals surface area contributed by atoms with E-state index in [0.717, 1.165) is 5.56 Å². The number of benzene rings is 1. The normalized spacial score (nSPS) is 10.7. The highest BCUT2D eigenvalue weighted by molar-refractivity contribution is 5.92. The molecule has 90 valence electrons. The summed E-state index contributed by atoms with van der Waals surface area (Å²) < 4.78 is 1.65. The molecule has 0 saturated carbocycles. The highest BCUT2D eigenvalue weighted by Crippen LogP contribution is 2.02. The lowest BCUT2D eigenvalue weighted by molar-refractivity contribution is -0.684. The number of ketones is 1. The molecular weight excluding hydrogens is 226 g/mol. The molecule has 2 aromatic rings. The highest BCUT2D eigenvalue weighted by Gasteiger charge is 2.06. The zero-order valence-electron chi connectivity index (χ0n) is 9.86. The number of carbonyl (C=O) groups is 1. The van der Waals surface area contributed by atoms with Gasteiger partial charge in [0.2, 0.25) is 18.5 Å². The minimum Gasteiger partial charge on any atom is -0.503 e. The summed E-state index contributed by atoms with van der Waals surface area (Å²) in [4.78, 5) is 11.7. The van der Waals surface area contributed by atoms with Crippen molar-refractivity contribution in [2.24, 2.45) is 0 Å². The van der Waals surface area contributed by atoms with Crippen LogP contribution in [-0.4, -0.2) is 10.9 Å². The smallest absolute Gasteiger partial charge is 0.220 e. The summed E-state index contributed by atoms with van der Waals surface area (Å²) in [6.45, 7) is 0.220. The summed E-state index contributed by atoms with van der Waals surface area (Å²) in [5.41, 5.74) is 0.992. The number of allylic oxidation sites excluding steroid dienone is 1. The predicted molar refractivity (Wildman–Crippen MR) is 68.8 cm³/mol. The summed E-state index contributed by atoms with van der Waals surface area (Å²) in [5, 5.41) is 9.28. The van der Waals surface area contributed by atoms with Crippen molar-refractivity contribution in [3.63, 3.8) is 0 Å². The first kappa shape index (κ1) is 12.0. The molecule has 0 aliphatic carbocycles. The van der Waals surface area contributed by atoms with Gasteiger partial charge in [0, 0.05) is 6.07 Å². The summed E-state index contributed by atoms with van der Waals surface area (Å²) in [7, 11) is 0. The monoisotopic (exact) mass is 240 g/mol. The van der Waals surface area contributed by atoms with Gasteiger partial charge in [0.1, 0.15) is 0 Å². The summed E-state index contributed by atoms with van der Waals surface area (Å²) in [6, 6.07) is 12.9. The predicted octanol–water partition coefficient (Wildman–Crippen LogP) is 1.96. The molecule has 1 heterocycles. The van der Waals surface area contributed by atoms with Gasteiger partial charge in [0.25, 0.3) is 0 Å². The van der Waals surface area contributed by atoms with Crippen molar-refractivity contribution in [3.8, 4) is 5.75 Å². The maximum absolute atomic E-state index is 11.7. The first-order valence-electron chi connectivity index (χ1n) is 5.68. The molecule has 0 aliphatic heterocycles. The molecule has 1 aromatic heterocycles. The van der Waals surface area contributed by atoms with Gasteiger partial charge in [-0.2, -0.15) is 4.57 Å². The summed E-state index contributed by atoms with van der Waals surface area (Å²) >= 11 is 0. The number of hydrogen-bond acceptors (Lipinski definition) is 2. The van der Waals surface area contributed by atoms with Crippen LogP contribution in [0.25, 0.3) is 6.08 Å². The Morgan fingerprint density at radius 2 is 1.94 bits per heavy atom. The van der Waals surface area contributed by atoms with E-state index in [0.29, 0.717) is 0 Å². The fraction of sp³-hybridized carbons (Fsp3) is 0.0667. The number of pyridine rings is 1. The molecule has 0 bridgehead atoms. The zero-order chi connectivity index (χ0) is 12.8. The Morgan fingerprint density at radius 1 is 1.17 bits per heavy atom. The molecule has 0 spiro atoms. The fourth-order valence-electron chi connectivity index (χ4n) is 1.59. The standard InChI is InChI=1S/C15H13NO2/c17-14-7-4-10-16(11-14)12-15(18)9-8-13-5-2-1-3-6-13/h1-11H,12H2/p+1/b9-8+. The molecule has 0 fully saturated rings. The Morgan fingerprint density at radius 3 is 2.67 bits per heavy atom. The summed E-state index contributed by atoms with van der Waals surface area (Å²) in [5.74, 6) is 0.131. The number of aromatic hydroxyl groups is 1. The number of rotatable bonds is 4. The number of aromatic nitrogens is 1. The highest BCUT2D eigenvalue weighted by atomic mass is 16.3. The lowest BCUT2D eigenvalue weighted by atomic mass is 10.2. The van der Waals surface area contributed by atoms with Crippen LogP contribution >= 0.6 is 0 Å². The van der Waals surface area contributed by atoms with Crippen LogP contribution in [0.2, 0.25) is 0 Å². The van der Waals surface area contributed by atoms with E-state index < -0.39 is 0 Å². The third-order valence-electron chi connectivity index (χ3n) is 2.44. The SMILES string of the molecule is O=C(/C=C/c1ccccc1)C[n+]1cccc(O)c1. The van der Waals surface area contributed by atoms with E-state index in [-0.39, 0.29) is 18.1 Å². The fourth-order valence-corrected chi connectivity index (χ4v) is 1.59. The molecule has 0 atom stereocenters. The lowest BCUT2D eigenvalue weighted by Gasteiger charge is -1.94. The first-order chi connectivity index (χ1) is 8.74. The topological polar surface area (TPSA) is 41.2 Å². The van der Waals surface area contributed by atoms with Gasteiger partial charge in [-0.3, -0.25) is 4.79 Å². The Hall–Kier alpha value is -2.42. The van der Waals surface area contributed by atoms with E-state index in [1.807, 2.05) is 30.3 Å². The van der Waals surface area contributed by atoms with Crippen LogP contribution in [0.1, 0.15) is 5.56 Å². The van der Waals surface area contributed by atoms with E-state index >= 15 is 0 Å². The van der Waals surface area contributed by atoms with E-state index in [4.69, 9.17) is 0 Å². The molecule has 3 heteroatoms. The lowest BCUT2D eigenvalue weighted by Crippen LogP contribution is -2.36. The molecule has 0 aliphatic rings. The van der Waals surface area contributed by atoms with E-state index in [9.17, 15) is 9.90 Å². The molecule has 0 radical (unpaired) electrons. The van der Waals surface area contributed by atoms with Gasteiger partial charge in [-0.25, -0.2) is 0 Å². The maximum Gasteiger partial charge on any atom is 0.220 e. The third-order valence-corrected chi connectivity index (χ3v) is 2.44. The molecule has 3 nitrogen and oxygen atoms in total. The second-order valence-electron chi connectivity index (χ2n) is 3.94. The molecule has 0 unspecified atom stereocenters. The second kappa shape index (κ2) is 5.77.